The Kier molecular flexibility index (Phi) is 2.90. The molecule has 0 amide bonds. The molecule has 1 fully saturated rings. The molecule has 0 unspecified atom stereocenters. The largest absolute Gasteiger partial charge is 0.377 e. The molecule has 0 bridgehead atoms. The van der Waals surface area contributed by atoms with E-state index in [0.717, 1.165) is 25.3 Å². The first-order chi connectivity index (χ1) is 8.08. The summed E-state index contributed by atoms with van der Waals surface area (Å²) in [5.41, 5.74) is -0.160. The molecule has 2 rings (SSSR count). The highest BCUT2D eigenvalue weighted by atomic mass is 16.6. The SMILES string of the molecule is O=[N+]([O-])c1ccc(NC2CCC2)c([N+](=O)[O-])c1. The van der Waals surface area contributed by atoms with E-state index in [1.807, 2.05) is 0 Å². The lowest BCUT2D eigenvalue weighted by molar-refractivity contribution is -0.393. The Morgan fingerprint density at radius 3 is 2.35 bits per heavy atom. The average molecular weight is 237 g/mol. The predicted octanol–water partition coefficient (Wildman–Crippen LogP) is 2.47. The molecule has 1 saturated carbocycles. The van der Waals surface area contributed by atoms with Gasteiger partial charge in [0.25, 0.3) is 11.4 Å². The van der Waals surface area contributed by atoms with E-state index in [1.54, 1.807) is 0 Å². The third-order valence-corrected chi connectivity index (χ3v) is 2.85. The minimum absolute atomic E-state index is 0.244. The van der Waals surface area contributed by atoms with Crippen LogP contribution in [0.15, 0.2) is 18.2 Å². The number of hydrogen-bond acceptors (Lipinski definition) is 5. The molecular weight excluding hydrogens is 226 g/mol. The van der Waals surface area contributed by atoms with Gasteiger partial charge in [-0.1, -0.05) is 0 Å². The van der Waals surface area contributed by atoms with Crippen molar-refractivity contribution in [2.45, 2.75) is 25.3 Å². The lowest BCUT2D eigenvalue weighted by Crippen LogP contribution is -2.27. The van der Waals surface area contributed by atoms with Crippen LogP contribution in [0.4, 0.5) is 17.1 Å². The number of non-ortho nitro benzene ring substituents is 1. The molecule has 0 heterocycles. The van der Waals surface area contributed by atoms with Gasteiger partial charge >= 0.3 is 0 Å². The minimum Gasteiger partial charge on any atom is -0.377 e. The van der Waals surface area contributed by atoms with Gasteiger partial charge in [0.2, 0.25) is 0 Å². The fraction of sp³-hybridized carbons (Fsp3) is 0.400. The van der Waals surface area contributed by atoms with Crippen molar-refractivity contribution in [2.75, 3.05) is 5.32 Å². The molecule has 1 aromatic rings. The van der Waals surface area contributed by atoms with Crippen LogP contribution in [0.5, 0.6) is 0 Å². The highest BCUT2D eigenvalue weighted by Gasteiger charge is 2.23. The van der Waals surface area contributed by atoms with Crippen molar-refractivity contribution in [3.05, 3.63) is 38.4 Å². The van der Waals surface area contributed by atoms with Gasteiger partial charge in [-0.3, -0.25) is 20.2 Å². The molecule has 0 atom stereocenters. The number of rotatable bonds is 4. The molecule has 0 radical (unpaired) electrons. The van der Waals surface area contributed by atoms with Crippen LogP contribution in [0.1, 0.15) is 19.3 Å². The van der Waals surface area contributed by atoms with E-state index in [1.165, 1.54) is 12.1 Å². The van der Waals surface area contributed by atoms with Crippen molar-refractivity contribution < 1.29 is 9.85 Å². The molecule has 1 aliphatic rings. The Balaban J connectivity index is 2.30. The Hall–Kier alpha value is -2.18. The second-order valence-electron chi connectivity index (χ2n) is 3.99. The maximum absolute atomic E-state index is 10.8. The first-order valence-electron chi connectivity index (χ1n) is 5.27. The number of nitro benzene ring substituents is 2. The second-order valence-corrected chi connectivity index (χ2v) is 3.99. The molecular formula is C10H11N3O4. The lowest BCUT2D eigenvalue weighted by Gasteiger charge is -2.27. The summed E-state index contributed by atoms with van der Waals surface area (Å²) in [6, 6.07) is 3.90. The summed E-state index contributed by atoms with van der Waals surface area (Å²) in [5.74, 6) is 0. The number of hydrogen-bond donors (Lipinski definition) is 1. The molecule has 1 N–H and O–H groups in total. The number of nitro groups is 2. The summed E-state index contributed by atoms with van der Waals surface area (Å²) in [7, 11) is 0. The smallest absolute Gasteiger partial charge is 0.299 e. The van der Waals surface area contributed by atoms with Crippen LogP contribution in [-0.4, -0.2) is 15.9 Å². The normalized spacial score (nSPS) is 15.1. The summed E-state index contributed by atoms with van der Waals surface area (Å²) in [4.78, 5) is 20.1. The van der Waals surface area contributed by atoms with Gasteiger partial charge in [-0.15, -0.1) is 0 Å². The average Bonchev–Trinajstić information content (AvgIpc) is 2.23. The number of nitrogens with zero attached hydrogens (tertiary/aromatic N) is 2. The van der Waals surface area contributed by atoms with E-state index in [9.17, 15) is 20.2 Å². The monoisotopic (exact) mass is 237 g/mol. The van der Waals surface area contributed by atoms with E-state index in [4.69, 9.17) is 0 Å². The van der Waals surface area contributed by atoms with Crippen molar-refractivity contribution in [1.29, 1.82) is 0 Å². The molecule has 0 spiro atoms. The number of nitrogens with one attached hydrogen (secondary N) is 1. The molecule has 0 aliphatic heterocycles. The van der Waals surface area contributed by atoms with E-state index >= 15 is 0 Å². The maximum atomic E-state index is 10.8. The summed E-state index contributed by atoms with van der Waals surface area (Å²) >= 11 is 0. The maximum Gasteiger partial charge on any atom is 0.299 e. The van der Waals surface area contributed by atoms with Gasteiger partial charge < -0.3 is 5.32 Å². The van der Waals surface area contributed by atoms with Gasteiger partial charge in [0.1, 0.15) is 5.69 Å². The first-order valence-corrected chi connectivity index (χ1v) is 5.27. The van der Waals surface area contributed by atoms with Crippen molar-refractivity contribution in [1.82, 2.24) is 0 Å². The van der Waals surface area contributed by atoms with Gasteiger partial charge in [0.05, 0.1) is 15.9 Å². The van der Waals surface area contributed by atoms with E-state index in [-0.39, 0.29) is 17.4 Å². The quantitative estimate of drug-likeness (QED) is 0.640. The minimum atomic E-state index is -0.639. The molecule has 1 aromatic carbocycles. The van der Waals surface area contributed by atoms with Crippen molar-refractivity contribution >= 4 is 17.1 Å². The van der Waals surface area contributed by atoms with E-state index < -0.39 is 9.85 Å². The van der Waals surface area contributed by atoms with Gasteiger partial charge in [0.15, 0.2) is 0 Å². The topological polar surface area (TPSA) is 98.3 Å². The fourth-order valence-corrected chi connectivity index (χ4v) is 1.68. The summed E-state index contributed by atoms with van der Waals surface area (Å²) in [6.45, 7) is 0. The van der Waals surface area contributed by atoms with E-state index in [0.29, 0.717) is 5.69 Å². The zero-order chi connectivity index (χ0) is 12.4. The molecule has 0 aromatic heterocycles. The second kappa shape index (κ2) is 4.36. The molecule has 17 heavy (non-hydrogen) atoms. The van der Waals surface area contributed by atoms with Gasteiger partial charge in [-0.2, -0.15) is 0 Å². The van der Waals surface area contributed by atoms with Gasteiger partial charge in [-0.25, -0.2) is 0 Å². The Bertz CT molecular complexity index is 471. The lowest BCUT2D eigenvalue weighted by atomic mass is 9.93. The third kappa shape index (κ3) is 2.32. The zero-order valence-corrected chi connectivity index (χ0v) is 8.96. The molecule has 90 valence electrons. The van der Waals surface area contributed by atoms with Crippen molar-refractivity contribution in [3.8, 4) is 0 Å². The van der Waals surface area contributed by atoms with Crippen LogP contribution < -0.4 is 5.32 Å². The predicted molar refractivity (Wildman–Crippen MR) is 61.0 cm³/mol. The van der Waals surface area contributed by atoms with Crippen LogP contribution in [0.3, 0.4) is 0 Å². The summed E-state index contributed by atoms with van der Waals surface area (Å²) < 4.78 is 0. The van der Waals surface area contributed by atoms with Gasteiger partial charge in [-0.05, 0) is 25.3 Å². The Morgan fingerprint density at radius 2 is 1.88 bits per heavy atom. The standard InChI is InChI=1S/C10H11N3O4/c14-12(15)8-4-5-9(10(6-8)13(16)17)11-7-2-1-3-7/h4-7,11H,1-3H2. The third-order valence-electron chi connectivity index (χ3n) is 2.85. The number of anilines is 1. The molecule has 0 saturated heterocycles. The van der Waals surface area contributed by atoms with Crippen LogP contribution >= 0.6 is 0 Å². The Labute approximate surface area is 96.7 Å². The molecule has 7 nitrogen and oxygen atoms in total. The van der Waals surface area contributed by atoms with Crippen LogP contribution in [-0.2, 0) is 0 Å². The highest BCUT2D eigenvalue weighted by Crippen LogP contribution is 2.32. The summed E-state index contributed by atoms with van der Waals surface area (Å²) in [5, 5.41) is 24.4. The van der Waals surface area contributed by atoms with E-state index in [2.05, 4.69) is 5.32 Å². The first kappa shape index (κ1) is 11.3. The van der Waals surface area contributed by atoms with Crippen LogP contribution in [0, 0.1) is 20.2 Å². The molecule has 1 aliphatic carbocycles. The number of benzene rings is 1. The van der Waals surface area contributed by atoms with Gasteiger partial charge in [0, 0.05) is 12.1 Å². The summed E-state index contributed by atoms with van der Waals surface area (Å²) in [6.07, 6.45) is 3.07. The molecule has 7 heteroatoms. The fourth-order valence-electron chi connectivity index (χ4n) is 1.68. The van der Waals surface area contributed by atoms with Crippen LogP contribution in [0.25, 0.3) is 0 Å². The Morgan fingerprint density at radius 1 is 1.18 bits per heavy atom. The zero-order valence-electron chi connectivity index (χ0n) is 8.96. The van der Waals surface area contributed by atoms with Crippen molar-refractivity contribution in [3.63, 3.8) is 0 Å². The van der Waals surface area contributed by atoms with Crippen LogP contribution in [0.2, 0.25) is 0 Å². The van der Waals surface area contributed by atoms with Crippen molar-refractivity contribution in [2.24, 2.45) is 0 Å². The highest BCUT2D eigenvalue weighted by molar-refractivity contribution is 5.65.